The highest BCUT2D eigenvalue weighted by molar-refractivity contribution is 6.36. The van der Waals surface area contributed by atoms with E-state index in [9.17, 15) is 15.2 Å². The molecule has 0 bridgehead atoms. The van der Waals surface area contributed by atoms with Crippen LogP contribution in [0.25, 0.3) is 10.8 Å². The molecule has 1 N–H and O–H groups in total. The molecule has 11 nitrogen and oxygen atoms in total. The maximum absolute atomic E-state index is 13.7. The first-order chi connectivity index (χ1) is 23.8. The largest absolute Gasteiger partial charge is 0.462 e. The first kappa shape index (κ1) is 33.5. The van der Waals surface area contributed by atoms with Crippen LogP contribution in [0.2, 0.25) is 5.02 Å². The number of likely N-dealkylation sites (tertiary alicyclic amines) is 2. The Labute approximate surface area is 293 Å². The van der Waals surface area contributed by atoms with Gasteiger partial charge in [0, 0.05) is 74.1 Å². The zero-order chi connectivity index (χ0) is 34.1. The second-order valence-corrected chi connectivity index (χ2v) is 14.3. The zero-order valence-corrected chi connectivity index (χ0v) is 29.0. The van der Waals surface area contributed by atoms with Gasteiger partial charge in [0.2, 0.25) is 0 Å². The number of nitrogens with zero attached hydrogens (tertiary/aromatic N) is 8. The summed E-state index contributed by atoms with van der Waals surface area (Å²) in [5.41, 5.74) is 3.58. The van der Waals surface area contributed by atoms with Crippen LogP contribution in [0.4, 0.5) is 11.5 Å². The van der Waals surface area contributed by atoms with Crippen LogP contribution in [-0.2, 0) is 17.8 Å². The topological polar surface area (TPSA) is 112 Å². The molecule has 4 aliphatic heterocycles. The average Bonchev–Trinajstić information content (AvgIpc) is 3.72. The van der Waals surface area contributed by atoms with Crippen molar-refractivity contribution in [2.45, 2.75) is 56.8 Å². The van der Waals surface area contributed by atoms with Crippen molar-refractivity contribution in [2.75, 3.05) is 75.8 Å². The number of ether oxygens (including phenoxy) is 1. The van der Waals surface area contributed by atoms with Gasteiger partial charge in [0.15, 0.2) is 0 Å². The van der Waals surface area contributed by atoms with Gasteiger partial charge in [-0.1, -0.05) is 42.4 Å². The van der Waals surface area contributed by atoms with E-state index in [1.165, 1.54) is 0 Å². The fraction of sp³-hybridized carbons (Fsp3) is 0.514. The van der Waals surface area contributed by atoms with E-state index in [0.717, 1.165) is 77.5 Å². The number of nitriles is 1. The van der Waals surface area contributed by atoms with Gasteiger partial charge in [-0.3, -0.25) is 9.69 Å². The Bertz CT molecular complexity index is 1760. The smallest absolute Gasteiger partial charge is 0.318 e. The standard InChI is InChI=1S/C37H45ClN8O3/c1-25(20-43-16-12-29(47)22-43)36(48)46-19-18-45(21-27(46)11-14-39)35-30-13-17-44(33-10-4-7-26-6-3-9-31(38)34(26)33)23-32(30)40-37(41-35)49-24-28-8-5-15-42(28)2/h3-4,6-7,9-10,27-29,47H,1,5,8,11-13,15-24H2,2H3/t27-,28-,29-/m0/s1. The molecular formula is C37H45ClN8O3. The molecule has 49 heavy (non-hydrogen) atoms. The van der Waals surface area contributed by atoms with Crippen LogP contribution in [0.1, 0.15) is 36.9 Å². The Hall–Kier alpha value is -3.95. The number of aliphatic hydroxyl groups excluding tert-OH is 1. The number of hydrogen-bond donors (Lipinski definition) is 1. The maximum Gasteiger partial charge on any atom is 0.318 e. The van der Waals surface area contributed by atoms with Gasteiger partial charge in [-0.05, 0) is 56.8 Å². The fourth-order valence-corrected chi connectivity index (χ4v) is 8.19. The summed E-state index contributed by atoms with van der Waals surface area (Å²) >= 11 is 6.74. The number of amides is 1. The fourth-order valence-electron chi connectivity index (χ4n) is 7.91. The van der Waals surface area contributed by atoms with Crippen LogP contribution in [-0.4, -0.2) is 120 Å². The summed E-state index contributed by atoms with van der Waals surface area (Å²) in [6.45, 7) is 10.3. The minimum absolute atomic E-state index is 0.125. The molecule has 3 fully saturated rings. The third-order valence-electron chi connectivity index (χ3n) is 10.6. The number of carbonyl (C=O) groups excluding carboxylic acids is 1. The van der Waals surface area contributed by atoms with Crippen molar-refractivity contribution in [1.29, 1.82) is 5.26 Å². The second-order valence-electron chi connectivity index (χ2n) is 13.9. The van der Waals surface area contributed by atoms with Gasteiger partial charge in [-0.15, -0.1) is 0 Å². The Morgan fingerprint density at radius 2 is 1.90 bits per heavy atom. The SMILES string of the molecule is C=C(CN1CC[C@H](O)C1)C(=O)N1CCN(c2nc(OC[C@@H]3CCCN3C)nc3c2CCN(c2cccc4cccc(Cl)c24)C3)C[C@@H]1CC#N. The summed E-state index contributed by atoms with van der Waals surface area (Å²) in [7, 11) is 2.13. The van der Waals surface area contributed by atoms with E-state index in [0.29, 0.717) is 69.9 Å². The molecule has 1 aromatic heterocycles. The average molecular weight is 685 g/mol. The number of anilines is 2. The van der Waals surface area contributed by atoms with E-state index in [-0.39, 0.29) is 24.5 Å². The van der Waals surface area contributed by atoms with Gasteiger partial charge in [0.1, 0.15) is 12.4 Å². The normalized spacial score (nSPS) is 23.1. The number of fused-ring (bicyclic) bond motifs is 2. The van der Waals surface area contributed by atoms with Crippen LogP contribution >= 0.6 is 11.6 Å². The molecule has 0 radical (unpaired) electrons. The number of carbonyl (C=O) groups is 1. The number of piperazine rings is 1. The van der Waals surface area contributed by atoms with Crippen molar-refractivity contribution in [3.8, 4) is 12.1 Å². The lowest BCUT2D eigenvalue weighted by molar-refractivity contribution is -0.130. The van der Waals surface area contributed by atoms with Crippen LogP contribution in [0.3, 0.4) is 0 Å². The second kappa shape index (κ2) is 14.5. The van der Waals surface area contributed by atoms with Gasteiger partial charge in [0.05, 0.1) is 41.9 Å². The first-order valence-electron chi connectivity index (χ1n) is 17.4. The predicted octanol–water partition coefficient (Wildman–Crippen LogP) is 3.87. The van der Waals surface area contributed by atoms with Crippen LogP contribution in [0.5, 0.6) is 6.01 Å². The Morgan fingerprint density at radius 3 is 2.65 bits per heavy atom. The Kier molecular flexibility index (Phi) is 9.92. The number of aliphatic hydroxyl groups is 1. The lowest BCUT2D eigenvalue weighted by atomic mass is 10.0. The molecule has 258 valence electrons. The zero-order valence-electron chi connectivity index (χ0n) is 28.2. The molecule has 3 saturated heterocycles. The highest BCUT2D eigenvalue weighted by Crippen LogP contribution is 2.37. The highest BCUT2D eigenvalue weighted by Gasteiger charge is 2.35. The lowest BCUT2D eigenvalue weighted by Crippen LogP contribution is -2.56. The monoisotopic (exact) mass is 684 g/mol. The summed E-state index contributed by atoms with van der Waals surface area (Å²) in [5, 5.41) is 22.6. The van der Waals surface area contributed by atoms with Gasteiger partial charge < -0.3 is 29.4 Å². The van der Waals surface area contributed by atoms with Gasteiger partial charge in [0.25, 0.3) is 5.91 Å². The van der Waals surface area contributed by atoms with Crippen LogP contribution < -0.4 is 14.5 Å². The van der Waals surface area contributed by atoms with Gasteiger partial charge >= 0.3 is 6.01 Å². The van der Waals surface area contributed by atoms with Crippen molar-refractivity contribution >= 4 is 39.8 Å². The number of β-amino-alcohol motifs (C(OH)–C–C–N with tert-alkyl or cyclic N) is 1. The number of aromatic nitrogens is 2. The number of hydrogen-bond acceptors (Lipinski definition) is 10. The van der Waals surface area contributed by atoms with Crippen LogP contribution in [0, 0.1) is 11.3 Å². The molecule has 2 aromatic carbocycles. The van der Waals surface area contributed by atoms with Crippen molar-refractivity contribution in [2.24, 2.45) is 0 Å². The molecule has 3 atom stereocenters. The Balaban J connectivity index is 1.15. The van der Waals surface area contributed by atoms with E-state index < -0.39 is 0 Å². The number of halogens is 1. The van der Waals surface area contributed by atoms with Gasteiger partial charge in [-0.2, -0.15) is 15.2 Å². The van der Waals surface area contributed by atoms with Crippen molar-refractivity contribution < 1.29 is 14.6 Å². The minimum atomic E-state index is -0.360. The summed E-state index contributed by atoms with van der Waals surface area (Å²) < 4.78 is 6.34. The van der Waals surface area contributed by atoms with E-state index in [2.05, 4.69) is 63.6 Å². The highest BCUT2D eigenvalue weighted by atomic mass is 35.5. The van der Waals surface area contributed by atoms with E-state index in [4.69, 9.17) is 26.3 Å². The van der Waals surface area contributed by atoms with Crippen molar-refractivity contribution in [3.05, 3.63) is 64.8 Å². The number of rotatable bonds is 9. The summed E-state index contributed by atoms with van der Waals surface area (Å²) in [6.07, 6.45) is 3.52. The van der Waals surface area contributed by atoms with Crippen LogP contribution in [0.15, 0.2) is 48.6 Å². The molecule has 5 heterocycles. The number of benzene rings is 2. The molecule has 0 aliphatic carbocycles. The van der Waals surface area contributed by atoms with E-state index in [1.807, 2.05) is 17.0 Å². The molecule has 1 amide bonds. The summed E-state index contributed by atoms with van der Waals surface area (Å²) in [4.78, 5) is 34.4. The predicted molar refractivity (Wildman–Crippen MR) is 191 cm³/mol. The number of likely N-dealkylation sites (N-methyl/N-ethyl adjacent to an activating group) is 1. The molecule has 7 rings (SSSR count). The van der Waals surface area contributed by atoms with Gasteiger partial charge in [-0.25, -0.2) is 0 Å². The lowest BCUT2D eigenvalue weighted by Gasteiger charge is -2.43. The third-order valence-corrected chi connectivity index (χ3v) is 10.9. The molecule has 4 aliphatic rings. The molecule has 0 unspecified atom stereocenters. The minimum Gasteiger partial charge on any atom is -0.462 e. The molecule has 3 aromatic rings. The van der Waals surface area contributed by atoms with Crippen molar-refractivity contribution in [3.63, 3.8) is 0 Å². The summed E-state index contributed by atoms with van der Waals surface area (Å²) in [6, 6.07) is 15.0. The van der Waals surface area contributed by atoms with E-state index >= 15 is 0 Å². The molecule has 0 spiro atoms. The molecule has 0 saturated carbocycles. The molecular weight excluding hydrogens is 640 g/mol. The third kappa shape index (κ3) is 7.06. The Morgan fingerprint density at radius 1 is 1.06 bits per heavy atom. The summed E-state index contributed by atoms with van der Waals surface area (Å²) in [5.74, 6) is 0.704. The van der Waals surface area contributed by atoms with Crippen molar-refractivity contribution in [1.82, 2.24) is 24.7 Å². The quantitative estimate of drug-likeness (QED) is 0.334. The maximum atomic E-state index is 13.7. The molecule has 12 heteroatoms. The first-order valence-corrected chi connectivity index (χ1v) is 17.8. The van der Waals surface area contributed by atoms with E-state index in [1.54, 1.807) is 0 Å².